The number of halogens is 1. The van der Waals surface area contributed by atoms with Gasteiger partial charge in [0.05, 0.1) is 0 Å². The molecule has 0 aromatic heterocycles. The summed E-state index contributed by atoms with van der Waals surface area (Å²) in [7, 11) is 0. The molecule has 126 valence electrons. The predicted molar refractivity (Wildman–Crippen MR) is 92.6 cm³/mol. The molecule has 0 bridgehead atoms. The van der Waals surface area contributed by atoms with Gasteiger partial charge in [-0.05, 0) is 37.5 Å². The van der Waals surface area contributed by atoms with E-state index in [1.54, 1.807) is 24.3 Å². The van der Waals surface area contributed by atoms with E-state index in [-0.39, 0.29) is 17.7 Å². The average Bonchev–Trinajstić information content (AvgIpc) is 2.81. The molecule has 0 aliphatic carbocycles. The van der Waals surface area contributed by atoms with Gasteiger partial charge >= 0.3 is 0 Å². The van der Waals surface area contributed by atoms with E-state index in [9.17, 15) is 9.59 Å². The molecule has 0 unspecified atom stereocenters. The molecule has 0 spiro atoms. The van der Waals surface area contributed by atoms with Gasteiger partial charge in [0.15, 0.2) is 0 Å². The first-order valence-electron chi connectivity index (χ1n) is 8.40. The van der Waals surface area contributed by atoms with Crippen molar-refractivity contribution in [2.24, 2.45) is 5.92 Å². The van der Waals surface area contributed by atoms with Crippen LogP contribution in [0.1, 0.15) is 43.5 Å². The van der Waals surface area contributed by atoms with Gasteiger partial charge in [-0.15, -0.1) is 0 Å². The summed E-state index contributed by atoms with van der Waals surface area (Å²) in [5.74, 6) is 0.321. The van der Waals surface area contributed by atoms with Crippen LogP contribution in [0, 0.1) is 5.92 Å². The number of hydrogen-bond donors (Lipinski definition) is 0. The number of amides is 2. The first-order chi connectivity index (χ1) is 11.1. The lowest BCUT2D eigenvalue weighted by atomic mass is 10.0. The third-order valence-corrected chi connectivity index (χ3v) is 4.74. The van der Waals surface area contributed by atoms with E-state index in [0.29, 0.717) is 30.2 Å². The van der Waals surface area contributed by atoms with Gasteiger partial charge in [0.25, 0.3) is 5.91 Å². The largest absolute Gasteiger partial charge is 0.341 e. The lowest BCUT2D eigenvalue weighted by Gasteiger charge is -2.25. The number of carbonyl (C=O) groups excluding carboxylic acids is 2. The summed E-state index contributed by atoms with van der Waals surface area (Å²) < 4.78 is 0. The fourth-order valence-corrected chi connectivity index (χ4v) is 3.23. The van der Waals surface area contributed by atoms with Crippen LogP contribution >= 0.6 is 11.6 Å². The smallest absolute Gasteiger partial charge is 0.253 e. The molecule has 4 nitrogen and oxygen atoms in total. The van der Waals surface area contributed by atoms with Crippen molar-refractivity contribution in [3.63, 3.8) is 0 Å². The minimum atomic E-state index is -0.00988. The lowest BCUT2D eigenvalue weighted by molar-refractivity contribution is -0.135. The Labute approximate surface area is 143 Å². The third-order valence-electron chi connectivity index (χ3n) is 4.50. The van der Waals surface area contributed by atoms with E-state index in [1.807, 2.05) is 9.80 Å². The van der Waals surface area contributed by atoms with Crippen molar-refractivity contribution < 1.29 is 9.59 Å². The number of hydrogen-bond acceptors (Lipinski definition) is 2. The molecule has 0 atom stereocenters. The van der Waals surface area contributed by atoms with Gasteiger partial charge in [-0.25, -0.2) is 0 Å². The first-order valence-corrected chi connectivity index (χ1v) is 8.78. The molecular weight excluding hydrogens is 312 g/mol. The van der Waals surface area contributed by atoms with Gasteiger partial charge in [0.1, 0.15) is 0 Å². The van der Waals surface area contributed by atoms with E-state index in [4.69, 9.17) is 11.6 Å². The molecule has 0 radical (unpaired) electrons. The maximum absolute atomic E-state index is 12.6. The summed E-state index contributed by atoms with van der Waals surface area (Å²) in [4.78, 5) is 28.8. The van der Waals surface area contributed by atoms with Crippen LogP contribution in [0.4, 0.5) is 0 Å². The second-order valence-corrected chi connectivity index (χ2v) is 6.43. The molecule has 1 aromatic carbocycles. The second kappa shape index (κ2) is 8.34. The standard InChI is InChI=1S/C18H25ClN2O2/c1-3-14(4-2)17(22)20-9-6-10-21(12-11-20)18(23)15-7-5-8-16(19)13-15/h5,7-8,13-14H,3-4,6,9-12H2,1-2H3. The Morgan fingerprint density at radius 2 is 1.74 bits per heavy atom. The first kappa shape index (κ1) is 17.8. The van der Waals surface area contributed by atoms with Crippen LogP contribution in [0.2, 0.25) is 5.02 Å². The Morgan fingerprint density at radius 1 is 1.09 bits per heavy atom. The SMILES string of the molecule is CCC(CC)C(=O)N1CCCN(C(=O)c2cccc(Cl)c2)CC1. The zero-order valence-corrected chi connectivity index (χ0v) is 14.7. The lowest BCUT2D eigenvalue weighted by Crippen LogP contribution is -2.39. The molecule has 1 heterocycles. The Bertz CT molecular complexity index is 558. The van der Waals surface area contributed by atoms with Crippen molar-refractivity contribution in [1.82, 2.24) is 9.80 Å². The van der Waals surface area contributed by atoms with Crippen LogP contribution in [0.25, 0.3) is 0 Å². The molecule has 0 N–H and O–H groups in total. The fraction of sp³-hybridized carbons (Fsp3) is 0.556. The van der Waals surface area contributed by atoms with Crippen LogP contribution in [0.5, 0.6) is 0 Å². The molecule has 23 heavy (non-hydrogen) atoms. The van der Waals surface area contributed by atoms with Gasteiger partial charge in [0, 0.05) is 42.7 Å². The molecule has 2 amide bonds. The Kier molecular flexibility index (Phi) is 6.46. The highest BCUT2D eigenvalue weighted by molar-refractivity contribution is 6.30. The molecular formula is C18H25ClN2O2. The second-order valence-electron chi connectivity index (χ2n) is 5.99. The molecule has 1 aliphatic heterocycles. The fourth-order valence-electron chi connectivity index (χ4n) is 3.04. The van der Waals surface area contributed by atoms with Crippen LogP contribution in [0.15, 0.2) is 24.3 Å². The van der Waals surface area contributed by atoms with Crippen LogP contribution in [-0.4, -0.2) is 47.8 Å². The zero-order chi connectivity index (χ0) is 16.8. The van der Waals surface area contributed by atoms with E-state index in [0.717, 1.165) is 25.8 Å². The quantitative estimate of drug-likeness (QED) is 0.845. The van der Waals surface area contributed by atoms with Crippen molar-refractivity contribution >= 4 is 23.4 Å². The summed E-state index contributed by atoms with van der Waals surface area (Å²) in [5.41, 5.74) is 0.609. The Hall–Kier alpha value is -1.55. The van der Waals surface area contributed by atoms with E-state index in [1.165, 1.54) is 0 Å². The van der Waals surface area contributed by atoms with Crippen molar-refractivity contribution in [3.05, 3.63) is 34.9 Å². The number of rotatable bonds is 4. The van der Waals surface area contributed by atoms with Gasteiger partial charge < -0.3 is 9.80 Å². The van der Waals surface area contributed by atoms with Crippen molar-refractivity contribution in [2.45, 2.75) is 33.1 Å². The highest BCUT2D eigenvalue weighted by Gasteiger charge is 2.26. The maximum Gasteiger partial charge on any atom is 0.253 e. The Morgan fingerprint density at radius 3 is 2.39 bits per heavy atom. The third kappa shape index (κ3) is 4.47. The summed E-state index contributed by atoms with van der Waals surface area (Å²) in [5, 5.41) is 0.566. The molecule has 2 rings (SSSR count). The molecule has 1 aliphatic rings. The number of nitrogens with zero attached hydrogens (tertiary/aromatic N) is 2. The van der Waals surface area contributed by atoms with Crippen LogP contribution in [-0.2, 0) is 4.79 Å². The summed E-state index contributed by atoms with van der Waals surface area (Å²) in [6, 6.07) is 7.03. The summed E-state index contributed by atoms with van der Waals surface area (Å²) >= 11 is 5.97. The minimum Gasteiger partial charge on any atom is -0.341 e. The van der Waals surface area contributed by atoms with Crippen molar-refractivity contribution in [2.75, 3.05) is 26.2 Å². The Balaban J connectivity index is 2.01. The monoisotopic (exact) mass is 336 g/mol. The van der Waals surface area contributed by atoms with Crippen LogP contribution in [0.3, 0.4) is 0 Å². The summed E-state index contributed by atoms with van der Waals surface area (Å²) in [6.45, 7) is 6.71. The predicted octanol–water partition coefficient (Wildman–Crippen LogP) is 3.45. The highest BCUT2D eigenvalue weighted by Crippen LogP contribution is 2.17. The molecule has 5 heteroatoms. The molecule has 0 saturated carbocycles. The van der Waals surface area contributed by atoms with Crippen molar-refractivity contribution in [1.29, 1.82) is 0 Å². The molecule has 1 aromatic rings. The van der Waals surface area contributed by atoms with E-state index < -0.39 is 0 Å². The van der Waals surface area contributed by atoms with Crippen molar-refractivity contribution in [3.8, 4) is 0 Å². The number of benzene rings is 1. The minimum absolute atomic E-state index is 0.00988. The maximum atomic E-state index is 12.6. The van der Waals surface area contributed by atoms with E-state index >= 15 is 0 Å². The zero-order valence-electron chi connectivity index (χ0n) is 13.9. The topological polar surface area (TPSA) is 40.6 Å². The van der Waals surface area contributed by atoms with Gasteiger partial charge in [0.2, 0.25) is 5.91 Å². The van der Waals surface area contributed by atoms with E-state index in [2.05, 4.69) is 13.8 Å². The van der Waals surface area contributed by atoms with Gasteiger partial charge in [-0.3, -0.25) is 9.59 Å². The van der Waals surface area contributed by atoms with Gasteiger partial charge in [-0.2, -0.15) is 0 Å². The average molecular weight is 337 g/mol. The summed E-state index contributed by atoms with van der Waals surface area (Å²) in [6.07, 6.45) is 2.56. The normalized spacial score (nSPS) is 15.7. The van der Waals surface area contributed by atoms with Crippen LogP contribution < -0.4 is 0 Å². The van der Waals surface area contributed by atoms with Gasteiger partial charge in [-0.1, -0.05) is 31.5 Å². The number of carbonyl (C=O) groups is 2. The molecule has 1 fully saturated rings. The molecule has 1 saturated heterocycles. The highest BCUT2D eigenvalue weighted by atomic mass is 35.5.